The third kappa shape index (κ3) is 11.5. The van der Waals surface area contributed by atoms with E-state index in [0.717, 1.165) is 94.4 Å². The molecule has 258 valence electrons. The smallest absolute Gasteiger partial charge is 0.378 e. The van der Waals surface area contributed by atoms with Gasteiger partial charge in [-0.15, -0.1) is 0 Å². The number of imidazole rings is 2. The molecule has 2 aromatic carbocycles. The molecule has 4 rings (SSSR count). The number of likely N-dealkylation sites (N-methyl/N-ethyl adjacent to an activating group) is 2. The topological polar surface area (TPSA) is 91.1 Å². The van der Waals surface area contributed by atoms with Crippen LogP contribution in [0.25, 0.3) is 0 Å². The van der Waals surface area contributed by atoms with Crippen molar-refractivity contribution in [3.63, 3.8) is 0 Å². The van der Waals surface area contributed by atoms with Crippen LogP contribution in [0.1, 0.15) is 0 Å². The molecule has 0 aliphatic heterocycles. The van der Waals surface area contributed by atoms with E-state index in [4.69, 9.17) is 0 Å². The summed E-state index contributed by atoms with van der Waals surface area (Å²) in [7, 11) is 21.1. The molecule has 2 heterocycles. The minimum absolute atomic E-state index is 0.799. The molecule has 12 nitrogen and oxygen atoms in total. The number of benzene rings is 2. The van der Waals surface area contributed by atoms with Crippen LogP contribution in [-0.4, -0.2) is 97.1 Å². The number of hydrogen-bond acceptors (Lipinski definition) is 8. The number of azo groups is 2. The first-order chi connectivity index (χ1) is 22.9. The van der Waals surface area contributed by atoms with Gasteiger partial charge in [-0.05, 0) is 24.3 Å². The van der Waals surface area contributed by atoms with Crippen molar-refractivity contribution in [1.29, 1.82) is 0 Å². The quantitative estimate of drug-likeness (QED) is 0.0421. The van der Waals surface area contributed by atoms with Gasteiger partial charge in [0.1, 0.15) is 11.4 Å². The van der Waals surface area contributed by atoms with Crippen molar-refractivity contribution in [3.05, 3.63) is 73.3 Å². The Kier molecular flexibility index (Phi) is 13.6. The number of aryl methyl sites for hydroxylation is 4. The standard InChI is InChI=1S/C34H52N12S2/c1-41-19-20-42(2)33(41)39-37-31-15-11-9-13-29(31)35-17-23-45(5,6)25-27-47-48-28-26-46(7,8)24-18-36-30-14-10-12-16-32(30)38-40-34-43(3)21-22-44(34)4/h9-16,19-22H,17-18,23-28H2,1-8H3/q+2/p+2. The van der Waals surface area contributed by atoms with Gasteiger partial charge in [0, 0.05) is 10.2 Å². The molecular formula is C34H54N12S2+4. The number of rotatable bonds is 19. The van der Waals surface area contributed by atoms with Crippen LogP contribution in [0.5, 0.6) is 0 Å². The average molecular weight is 695 g/mol. The molecule has 0 bridgehead atoms. The summed E-state index contributed by atoms with van der Waals surface area (Å²) in [4.78, 5) is 0. The second-order valence-corrected chi connectivity index (χ2v) is 16.0. The molecule has 2 aromatic heterocycles. The monoisotopic (exact) mass is 694 g/mol. The van der Waals surface area contributed by atoms with Crippen molar-refractivity contribution < 1.29 is 18.1 Å². The van der Waals surface area contributed by atoms with Crippen molar-refractivity contribution in [2.45, 2.75) is 0 Å². The lowest BCUT2D eigenvalue weighted by Gasteiger charge is -2.30. The second kappa shape index (κ2) is 17.6. The van der Waals surface area contributed by atoms with Gasteiger partial charge in [0.25, 0.3) is 0 Å². The highest BCUT2D eigenvalue weighted by Crippen LogP contribution is 2.27. The number of quaternary nitrogens is 2. The predicted molar refractivity (Wildman–Crippen MR) is 200 cm³/mol. The summed E-state index contributed by atoms with van der Waals surface area (Å²) in [6.45, 7) is 6.02. The van der Waals surface area contributed by atoms with E-state index in [1.807, 2.05) is 129 Å². The summed E-state index contributed by atoms with van der Waals surface area (Å²) < 4.78 is 9.75. The van der Waals surface area contributed by atoms with E-state index in [9.17, 15) is 0 Å². The Morgan fingerprint density at radius 3 is 1.38 bits per heavy atom. The van der Waals surface area contributed by atoms with Crippen LogP contribution < -0.4 is 19.8 Å². The summed E-state index contributed by atoms with van der Waals surface area (Å²) in [5.74, 6) is 3.84. The van der Waals surface area contributed by atoms with Crippen LogP contribution in [0.2, 0.25) is 0 Å². The van der Waals surface area contributed by atoms with Gasteiger partial charge in [-0.25, -0.2) is 18.3 Å². The van der Waals surface area contributed by atoms with Gasteiger partial charge in [-0.2, -0.15) is 0 Å². The van der Waals surface area contributed by atoms with Crippen molar-refractivity contribution in [2.75, 3.05) is 89.6 Å². The molecular weight excluding hydrogens is 641 g/mol. The fourth-order valence-electron chi connectivity index (χ4n) is 4.96. The Balaban J connectivity index is 1.12. The Labute approximate surface area is 294 Å². The highest BCUT2D eigenvalue weighted by atomic mass is 33.1. The van der Waals surface area contributed by atoms with E-state index in [1.165, 1.54) is 0 Å². The fourth-order valence-corrected chi connectivity index (χ4v) is 7.49. The summed E-state index contributed by atoms with van der Waals surface area (Å²) in [5, 5.41) is 25.2. The zero-order chi connectivity index (χ0) is 34.6. The molecule has 0 spiro atoms. The Morgan fingerprint density at radius 2 is 1.00 bits per heavy atom. The number of nitrogens with zero attached hydrogens (tertiary/aromatic N) is 10. The Bertz CT molecular complexity index is 1500. The number of para-hydroxylation sites is 2. The van der Waals surface area contributed by atoms with Crippen molar-refractivity contribution in [2.24, 2.45) is 48.6 Å². The number of nitrogens with one attached hydrogen (secondary N) is 2. The van der Waals surface area contributed by atoms with E-state index in [1.54, 1.807) is 0 Å². The maximum Gasteiger partial charge on any atom is 0.421 e. The maximum absolute atomic E-state index is 4.53. The van der Waals surface area contributed by atoms with Gasteiger partial charge in [0.05, 0.1) is 143 Å². The van der Waals surface area contributed by atoms with E-state index in [0.29, 0.717) is 0 Å². The van der Waals surface area contributed by atoms with Crippen LogP contribution in [0, 0.1) is 0 Å². The Morgan fingerprint density at radius 1 is 0.604 bits per heavy atom. The SMILES string of the molecule is Cn1cc[n+](C)c1N=Nc1ccccc1NCC[N+](C)(C)CCSSCC[N+](C)(C)CCNc1ccccc1N=Nc1n(C)cc[n+]1C. The fraction of sp³-hybridized carbons (Fsp3) is 0.471. The molecule has 0 atom stereocenters. The van der Waals surface area contributed by atoms with Crippen LogP contribution in [-0.2, 0) is 28.2 Å². The van der Waals surface area contributed by atoms with E-state index in [-0.39, 0.29) is 0 Å². The molecule has 0 saturated heterocycles. The molecule has 0 saturated carbocycles. The molecule has 0 unspecified atom stereocenters. The minimum Gasteiger partial charge on any atom is -0.378 e. The van der Waals surface area contributed by atoms with Gasteiger partial charge in [-0.1, -0.05) is 56.1 Å². The van der Waals surface area contributed by atoms with E-state index < -0.39 is 0 Å². The number of aromatic nitrogens is 4. The predicted octanol–water partition coefficient (Wildman–Crippen LogP) is 5.90. The Hall–Kier alpha value is -3.72. The van der Waals surface area contributed by atoms with Crippen LogP contribution in [0.4, 0.5) is 34.6 Å². The summed E-state index contributed by atoms with van der Waals surface area (Å²) >= 11 is 0. The van der Waals surface area contributed by atoms with Crippen molar-refractivity contribution >= 4 is 56.2 Å². The molecule has 14 heteroatoms. The lowest BCUT2D eigenvalue weighted by Crippen LogP contribution is -2.45. The maximum atomic E-state index is 4.53. The molecule has 4 aromatic rings. The zero-order valence-corrected chi connectivity index (χ0v) is 31.5. The van der Waals surface area contributed by atoms with Gasteiger partial charge in [-0.3, -0.25) is 0 Å². The molecule has 0 radical (unpaired) electrons. The molecule has 0 aliphatic rings. The first kappa shape index (κ1) is 37.1. The number of hydrogen-bond donors (Lipinski definition) is 2. The third-order valence-electron chi connectivity index (χ3n) is 8.30. The average Bonchev–Trinajstić information content (AvgIpc) is 3.55. The summed E-state index contributed by atoms with van der Waals surface area (Å²) in [5.41, 5.74) is 3.70. The molecule has 48 heavy (non-hydrogen) atoms. The number of anilines is 2. The molecule has 0 amide bonds. The highest BCUT2D eigenvalue weighted by Gasteiger charge is 2.18. The van der Waals surface area contributed by atoms with Crippen molar-refractivity contribution in [3.8, 4) is 0 Å². The van der Waals surface area contributed by atoms with Gasteiger partial charge < -0.3 is 19.6 Å². The molecule has 0 fully saturated rings. The first-order valence-corrected chi connectivity index (χ1v) is 18.8. The van der Waals surface area contributed by atoms with Gasteiger partial charge in [0.2, 0.25) is 0 Å². The van der Waals surface area contributed by atoms with Crippen LogP contribution in [0.15, 0.2) is 93.8 Å². The van der Waals surface area contributed by atoms with E-state index in [2.05, 4.69) is 71.4 Å². The third-order valence-corrected chi connectivity index (χ3v) is 10.7. The normalized spacial score (nSPS) is 12.4. The van der Waals surface area contributed by atoms with Crippen molar-refractivity contribution in [1.82, 2.24) is 9.13 Å². The molecule has 0 aliphatic carbocycles. The van der Waals surface area contributed by atoms with Gasteiger partial charge >= 0.3 is 11.9 Å². The van der Waals surface area contributed by atoms with Crippen LogP contribution >= 0.6 is 21.6 Å². The highest BCUT2D eigenvalue weighted by molar-refractivity contribution is 8.76. The van der Waals surface area contributed by atoms with Gasteiger partial charge in [0.15, 0.2) is 0 Å². The lowest BCUT2D eigenvalue weighted by atomic mass is 10.2. The first-order valence-electron chi connectivity index (χ1n) is 16.3. The summed E-state index contributed by atoms with van der Waals surface area (Å²) in [6.07, 6.45) is 7.89. The summed E-state index contributed by atoms with van der Waals surface area (Å²) in [6, 6.07) is 16.2. The van der Waals surface area contributed by atoms with E-state index >= 15 is 0 Å². The molecule has 2 N–H and O–H groups in total. The lowest BCUT2D eigenvalue weighted by molar-refractivity contribution is -0.886. The second-order valence-electron chi connectivity index (χ2n) is 13.3. The van der Waals surface area contributed by atoms with Crippen LogP contribution in [0.3, 0.4) is 0 Å². The minimum atomic E-state index is 0.799. The zero-order valence-electron chi connectivity index (χ0n) is 29.9. The largest absolute Gasteiger partial charge is 0.421 e.